The molecule has 0 radical (unpaired) electrons. The Bertz CT molecular complexity index is 1130. The molecule has 0 saturated heterocycles. The molecule has 0 atom stereocenters. The van der Waals surface area contributed by atoms with Gasteiger partial charge in [0.25, 0.3) is 0 Å². The Kier molecular flexibility index (Phi) is 7.82. The number of carbonyl (C=O) groups excluding carboxylic acids is 1. The van der Waals surface area contributed by atoms with Crippen LogP contribution in [0.4, 0.5) is 4.39 Å². The third kappa shape index (κ3) is 5.83. The molecule has 8 heteroatoms. The summed E-state index contributed by atoms with van der Waals surface area (Å²) in [5, 5.41) is 0. The lowest BCUT2D eigenvalue weighted by molar-refractivity contribution is -0.132. The minimum absolute atomic E-state index is 0.0304. The summed E-state index contributed by atoms with van der Waals surface area (Å²) >= 11 is 0. The summed E-state index contributed by atoms with van der Waals surface area (Å²) in [6, 6.07) is 18.1. The Labute approximate surface area is 188 Å². The van der Waals surface area contributed by atoms with Crippen LogP contribution in [0.3, 0.4) is 0 Å². The van der Waals surface area contributed by atoms with E-state index in [9.17, 15) is 17.6 Å². The van der Waals surface area contributed by atoms with Crippen LogP contribution in [0.5, 0.6) is 0 Å². The molecule has 1 heterocycles. The molecule has 6 nitrogen and oxygen atoms in total. The maximum absolute atomic E-state index is 13.4. The van der Waals surface area contributed by atoms with Crippen molar-refractivity contribution >= 4 is 15.9 Å². The van der Waals surface area contributed by atoms with Gasteiger partial charge in [0.1, 0.15) is 5.82 Å². The van der Waals surface area contributed by atoms with Gasteiger partial charge in [-0.3, -0.25) is 4.79 Å². The zero-order valence-electron chi connectivity index (χ0n) is 18.3. The van der Waals surface area contributed by atoms with Gasteiger partial charge in [0, 0.05) is 32.0 Å². The van der Waals surface area contributed by atoms with E-state index in [0.717, 1.165) is 23.4 Å². The average Bonchev–Trinajstić information content (AvgIpc) is 3.18. The van der Waals surface area contributed by atoms with Gasteiger partial charge in [0.15, 0.2) is 0 Å². The Balaban J connectivity index is 1.85. The number of aryl methyl sites for hydroxylation is 1. The lowest BCUT2D eigenvalue weighted by Gasteiger charge is -2.27. The molecule has 0 bridgehead atoms. The smallest absolute Gasteiger partial charge is 0.243 e. The second kappa shape index (κ2) is 10.6. The number of benzene rings is 2. The molecule has 1 amide bonds. The molecule has 0 aliphatic carbocycles. The fourth-order valence-corrected chi connectivity index (χ4v) is 4.91. The van der Waals surface area contributed by atoms with Crippen LogP contribution in [-0.4, -0.2) is 41.2 Å². The molecule has 0 spiro atoms. The van der Waals surface area contributed by atoms with E-state index in [1.54, 1.807) is 4.90 Å². The van der Waals surface area contributed by atoms with E-state index in [1.165, 1.54) is 16.4 Å². The van der Waals surface area contributed by atoms with E-state index in [-0.39, 0.29) is 23.9 Å². The summed E-state index contributed by atoms with van der Waals surface area (Å²) in [5.41, 5.74) is 1.90. The van der Waals surface area contributed by atoms with Crippen LogP contribution in [0.15, 0.2) is 77.8 Å². The van der Waals surface area contributed by atoms with Crippen LogP contribution in [0.25, 0.3) is 0 Å². The van der Waals surface area contributed by atoms with Crippen molar-refractivity contribution in [3.63, 3.8) is 0 Å². The van der Waals surface area contributed by atoms with Gasteiger partial charge in [0.2, 0.25) is 15.9 Å². The highest BCUT2D eigenvalue weighted by Gasteiger charge is 2.28. The molecular formula is C24H28FN3O3S. The highest BCUT2D eigenvalue weighted by atomic mass is 32.2. The summed E-state index contributed by atoms with van der Waals surface area (Å²) in [4.78, 5) is 15.0. The maximum Gasteiger partial charge on any atom is 0.243 e. The zero-order valence-corrected chi connectivity index (χ0v) is 19.1. The monoisotopic (exact) mass is 457 g/mol. The topological polar surface area (TPSA) is 62.6 Å². The normalized spacial score (nSPS) is 11.6. The first-order valence-electron chi connectivity index (χ1n) is 10.5. The van der Waals surface area contributed by atoms with Crippen LogP contribution in [0.1, 0.15) is 24.6 Å². The van der Waals surface area contributed by atoms with Gasteiger partial charge in [-0.2, -0.15) is 4.31 Å². The molecule has 0 N–H and O–H groups in total. The van der Waals surface area contributed by atoms with E-state index >= 15 is 0 Å². The molecule has 0 aliphatic heterocycles. The number of nitrogens with zero attached hydrogens (tertiary/aromatic N) is 3. The molecule has 3 aromatic rings. The Morgan fingerprint density at radius 1 is 0.969 bits per heavy atom. The SMILES string of the molecule is CCCN(CC(=O)N(Cc1ccccc1)Cc1cccn1C)S(=O)(=O)c1ccc(F)cc1. The number of sulfonamides is 1. The van der Waals surface area contributed by atoms with Crippen molar-refractivity contribution in [2.24, 2.45) is 7.05 Å². The van der Waals surface area contributed by atoms with Crippen LogP contribution in [0.2, 0.25) is 0 Å². The minimum atomic E-state index is -3.94. The number of rotatable bonds is 10. The molecular weight excluding hydrogens is 429 g/mol. The number of carbonyl (C=O) groups is 1. The van der Waals surface area contributed by atoms with Crippen molar-refractivity contribution in [1.82, 2.24) is 13.8 Å². The molecule has 0 fully saturated rings. The van der Waals surface area contributed by atoms with E-state index in [0.29, 0.717) is 19.5 Å². The molecule has 0 saturated carbocycles. The largest absolute Gasteiger partial charge is 0.353 e. The maximum atomic E-state index is 13.4. The van der Waals surface area contributed by atoms with E-state index in [2.05, 4.69) is 0 Å². The predicted molar refractivity (Wildman–Crippen MR) is 122 cm³/mol. The van der Waals surface area contributed by atoms with Crippen molar-refractivity contribution in [3.05, 3.63) is 90.0 Å². The quantitative estimate of drug-likeness (QED) is 0.465. The lowest BCUT2D eigenvalue weighted by Crippen LogP contribution is -2.43. The predicted octanol–water partition coefficient (Wildman–Crippen LogP) is 3.79. The van der Waals surface area contributed by atoms with E-state index in [4.69, 9.17) is 0 Å². The summed E-state index contributed by atoms with van der Waals surface area (Å²) in [7, 11) is -2.03. The van der Waals surface area contributed by atoms with Crippen LogP contribution >= 0.6 is 0 Å². The molecule has 170 valence electrons. The lowest BCUT2D eigenvalue weighted by atomic mass is 10.2. The first-order valence-corrected chi connectivity index (χ1v) is 11.9. The van der Waals surface area contributed by atoms with Gasteiger partial charge in [0.05, 0.1) is 18.0 Å². The second-order valence-electron chi connectivity index (χ2n) is 7.64. The van der Waals surface area contributed by atoms with Crippen LogP contribution in [0, 0.1) is 5.82 Å². The van der Waals surface area contributed by atoms with Crippen molar-refractivity contribution < 1.29 is 17.6 Å². The van der Waals surface area contributed by atoms with E-state index in [1.807, 2.05) is 67.2 Å². The third-order valence-electron chi connectivity index (χ3n) is 5.21. The van der Waals surface area contributed by atoms with Gasteiger partial charge in [-0.15, -0.1) is 0 Å². The highest BCUT2D eigenvalue weighted by molar-refractivity contribution is 7.89. The Morgan fingerprint density at radius 3 is 2.25 bits per heavy atom. The molecule has 0 unspecified atom stereocenters. The van der Waals surface area contributed by atoms with Crippen LogP contribution < -0.4 is 0 Å². The van der Waals surface area contributed by atoms with Crippen LogP contribution in [-0.2, 0) is 35.0 Å². The van der Waals surface area contributed by atoms with Gasteiger partial charge in [-0.25, -0.2) is 12.8 Å². The van der Waals surface area contributed by atoms with Gasteiger partial charge in [-0.1, -0.05) is 37.3 Å². The second-order valence-corrected chi connectivity index (χ2v) is 9.58. The number of aromatic nitrogens is 1. The fourth-order valence-electron chi connectivity index (χ4n) is 3.43. The number of amides is 1. The van der Waals surface area contributed by atoms with Crippen molar-refractivity contribution in [2.75, 3.05) is 13.1 Å². The third-order valence-corrected chi connectivity index (χ3v) is 7.07. The minimum Gasteiger partial charge on any atom is -0.353 e. The van der Waals surface area contributed by atoms with Crippen molar-refractivity contribution in [3.8, 4) is 0 Å². The highest BCUT2D eigenvalue weighted by Crippen LogP contribution is 2.18. The zero-order chi connectivity index (χ0) is 23.1. The molecule has 1 aromatic heterocycles. The summed E-state index contributed by atoms with van der Waals surface area (Å²) < 4.78 is 42.7. The standard InChI is InChI=1S/C24H28FN3O3S/c1-3-15-28(32(30,31)23-13-11-21(25)12-14-23)19-24(29)27(17-20-8-5-4-6-9-20)18-22-10-7-16-26(22)2/h4-14,16H,3,15,17-19H2,1-2H3. The summed E-state index contributed by atoms with van der Waals surface area (Å²) in [5.74, 6) is -0.812. The molecule has 32 heavy (non-hydrogen) atoms. The van der Waals surface area contributed by atoms with Gasteiger partial charge >= 0.3 is 0 Å². The first-order chi connectivity index (χ1) is 15.3. The molecule has 0 aliphatic rings. The van der Waals surface area contributed by atoms with Crippen molar-refractivity contribution in [2.45, 2.75) is 31.3 Å². The average molecular weight is 458 g/mol. The first kappa shape index (κ1) is 23.7. The van der Waals surface area contributed by atoms with E-state index < -0.39 is 15.8 Å². The van der Waals surface area contributed by atoms with Crippen molar-refractivity contribution in [1.29, 1.82) is 0 Å². The Morgan fingerprint density at radius 2 is 1.66 bits per heavy atom. The number of hydrogen-bond acceptors (Lipinski definition) is 3. The number of halogens is 1. The fraction of sp³-hybridized carbons (Fsp3) is 0.292. The molecule has 2 aromatic carbocycles. The van der Waals surface area contributed by atoms with Gasteiger partial charge < -0.3 is 9.47 Å². The molecule has 3 rings (SSSR count). The number of hydrogen-bond donors (Lipinski definition) is 0. The summed E-state index contributed by atoms with van der Waals surface area (Å²) in [6.45, 7) is 2.47. The summed E-state index contributed by atoms with van der Waals surface area (Å²) in [6.07, 6.45) is 2.45. The van der Waals surface area contributed by atoms with Gasteiger partial charge in [-0.05, 0) is 48.4 Å². The Hall–Kier alpha value is -2.97.